The zero-order valence-electron chi connectivity index (χ0n) is 14.5. The fraction of sp³-hybridized carbons (Fsp3) is 0.211. The largest absolute Gasteiger partial charge is 0.478 e. The summed E-state index contributed by atoms with van der Waals surface area (Å²) in [7, 11) is 0. The molecule has 0 radical (unpaired) electrons. The van der Waals surface area contributed by atoms with Crippen molar-refractivity contribution >= 4 is 11.9 Å². The number of nitrogens with one attached hydrogen (secondary N) is 1. The number of aryl methyl sites for hydroxylation is 1. The highest BCUT2D eigenvalue weighted by Crippen LogP contribution is 2.21. The molecule has 1 atom stereocenters. The van der Waals surface area contributed by atoms with E-state index >= 15 is 0 Å². The fourth-order valence-electron chi connectivity index (χ4n) is 2.57. The maximum absolute atomic E-state index is 11.1. The quantitative estimate of drug-likeness (QED) is 0.702. The van der Waals surface area contributed by atoms with Crippen molar-refractivity contribution in [3.63, 3.8) is 0 Å². The Bertz CT molecular complexity index is 929. The second-order valence-electron chi connectivity index (χ2n) is 5.86. The van der Waals surface area contributed by atoms with E-state index in [4.69, 9.17) is 5.11 Å². The third-order valence-electron chi connectivity index (χ3n) is 3.93. The molecule has 0 bridgehead atoms. The molecule has 132 valence electrons. The molecule has 0 aliphatic heterocycles. The van der Waals surface area contributed by atoms with Crippen molar-refractivity contribution in [2.45, 2.75) is 26.3 Å². The van der Waals surface area contributed by atoms with Crippen molar-refractivity contribution in [3.8, 4) is 11.4 Å². The van der Waals surface area contributed by atoms with Gasteiger partial charge in [-0.3, -0.25) is 9.97 Å². The highest BCUT2D eigenvalue weighted by Gasteiger charge is 2.13. The SMILES string of the molecule is CCC(Nc1nccc(-c2cc(C(=O)O)ccn2)n1)c1cc(C)ccn1. The highest BCUT2D eigenvalue weighted by molar-refractivity contribution is 5.88. The monoisotopic (exact) mass is 349 g/mol. The van der Waals surface area contributed by atoms with E-state index in [1.807, 2.05) is 19.1 Å². The molecule has 7 nitrogen and oxygen atoms in total. The van der Waals surface area contributed by atoms with Gasteiger partial charge >= 0.3 is 5.97 Å². The third-order valence-corrected chi connectivity index (χ3v) is 3.93. The molecule has 0 amide bonds. The molecular formula is C19H19N5O2. The molecule has 0 spiro atoms. The first-order valence-corrected chi connectivity index (χ1v) is 8.28. The summed E-state index contributed by atoms with van der Waals surface area (Å²) < 4.78 is 0. The van der Waals surface area contributed by atoms with Crippen molar-refractivity contribution in [2.24, 2.45) is 0 Å². The van der Waals surface area contributed by atoms with Gasteiger partial charge in [-0.05, 0) is 49.2 Å². The first-order valence-electron chi connectivity index (χ1n) is 8.28. The van der Waals surface area contributed by atoms with E-state index in [0.29, 0.717) is 17.3 Å². The summed E-state index contributed by atoms with van der Waals surface area (Å²) >= 11 is 0. The maximum Gasteiger partial charge on any atom is 0.335 e. The summed E-state index contributed by atoms with van der Waals surface area (Å²) in [6.45, 7) is 4.08. The van der Waals surface area contributed by atoms with Gasteiger partial charge in [-0.15, -0.1) is 0 Å². The number of anilines is 1. The van der Waals surface area contributed by atoms with E-state index in [9.17, 15) is 4.79 Å². The van der Waals surface area contributed by atoms with Crippen LogP contribution in [0.3, 0.4) is 0 Å². The van der Waals surface area contributed by atoms with Crippen LogP contribution in [0.5, 0.6) is 0 Å². The molecule has 0 aliphatic rings. The van der Waals surface area contributed by atoms with Crippen LogP contribution in [0.25, 0.3) is 11.4 Å². The van der Waals surface area contributed by atoms with Gasteiger partial charge in [-0.2, -0.15) is 0 Å². The van der Waals surface area contributed by atoms with Crippen LogP contribution in [0.4, 0.5) is 5.95 Å². The van der Waals surface area contributed by atoms with E-state index in [2.05, 4.69) is 32.2 Å². The predicted octanol–water partition coefficient (Wildman–Crippen LogP) is 3.50. The minimum atomic E-state index is -1.00. The van der Waals surface area contributed by atoms with Crippen LogP contribution in [0.1, 0.15) is 41.0 Å². The van der Waals surface area contributed by atoms with Crippen molar-refractivity contribution < 1.29 is 9.90 Å². The summed E-state index contributed by atoms with van der Waals surface area (Å²) in [4.78, 5) is 28.5. The molecule has 3 rings (SSSR count). The Morgan fingerprint density at radius 1 is 1.08 bits per heavy atom. The number of carbonyl (C=O) groups is 1. The van der Waals surface area contributed by atoms with Crippen molar-refractivity contribution in [1.29, 1.82) is 0 Å². The third kappa shape index (κ3) is 4.00. The minimum Gasteiger partial charge on any atom is -0.478 e. The molecule has 7 heteroatoms. The Morgan fingerprint density at radius 2 is 1.85 bits per heavy atom. The average molecular weight is 349 g/mol. The molecule has 3 aromatic rings. The summed E-state index contributed by atoms with van der Waals surface area (Å²) in [6.07, 6.45) is 5.68. The molecule has 2 N–H and O–H groups in total. The van der Waals surface area contributed by atoms with E-state index in [1.165, 1.54) is 18.3 Å². The van der Waals surface area contributed by atoms with Crippen molar-refractivity contribution in [1.82, 2.24) is 19.9 Å². The van der Waals surface area contributed by atoms with E-state index < -0.39 is 5.97 Å². The van der Waals surface area contributed by atoms with Crippen LogP contribution < -0.4 is 5.32 Å². The Morgan fingerprint density at radius 3 is 2.58 bits per heavy atom. The van der Waals surface area contributed by atoms with Crippen LogP contribution in [0.15, 0.2) is 48.9 Å². The van der Waals surface area contributed by atoms with Crippen molar-refractivity contribution in [3.05, 3.63) is 65.7 Å². The maximum atomic E-state index is 11.1. The zero-order chi connectivity index (χ0) is 18.5. The number of carboxylic acids is 1. The molecule has 3 heterocycles. The van der Waals surface area contributed by atoms with Crippen LogP contribution in [-0.2, 0) is 0 Å². The van der Waals surface area contributed by atoms with E-state index in [-0.39, 0.29) is 11.6 Å². The van der Waals surface area contributed by atoms with Crippen LogP contribution in [0.2, 0.25) is 0 Å². The van der Waals surface area contributed by atoms with Crippen molar-refractivity contribution in [2.75, 3.05) is 5.32 Å². The number of rotatable bonds is 6. The van der Waals surface area contributed by atoms with Gasteiger partial charge in [0.2, 0.25) is 5.95 Å². The molecule has 26 heavy (non-hydrogen) atoms. The Kier molecular flexibility index (Phi) is 5.17. The van der Waals surface area contributed by atoms with Gasteiger partial charge in [0, 0.05) is 18.6 Å². The first kappa shape index (κ1) is 17.5. The Balaban J connectivity index is 1.87. The zero-order valence-corrected chi connectivity index (χ0v) is 14.5. The average Bonchev–Trinajstić information content (AvgIpc) is 2.66. The lowest BCUT2D eigenvalue weighted by Gasteiger charge is -2.17. The normalized spacial score (nSPS) is 11.8. The van der Waals surface area contributed by atoms with Crippen LogP contribution >= 0.6 is 0 Å². The summed E-state index contributed by atoms with van der Waals surface area (Å²) in [5.41, 5.74) is 3.26. The number of hydrogen-bond acceptors (Lipinski definition) is 6. The number of carboxylic acid groups (broad SMARTS) is 1. The van der Waals surface area contributed by atoms with Gasteiger partial charge in [0.05, 0.1) is 28.7 Å². The Labute approximate surface area is 151 Å². The highest BCUT2D eigenvalue weighted by atomic mass is 16.4. The second kappa shape index (κ2) is 7.69. The van der Waals surface area contributed by atoms with Gasteiger partial charge in [-0.1, -0.05) is 6.92 Å². The molecule has 1 unspecified atom stereocenters. The van der Waals surface area contributed by atoms with Gasteiger partial charge in [0.1, 0.15) is 0 Å². The fourth-order valence-corrected chi connectivity index (χ4v) is 2.57. The number of hydrogen-bond donors (Lipinski definition) is 2. The van der Waals surface area contributed by atoms with E-state index in [1.54, 1.807) is 18.5 Å². The molecule has 3 aromatic heterocycles. The number of nitrogens with zero attached hydrogens (tertiary/aromatic N) is 4. The van der Waals surface area contributed by atoms with Crippen LogP contribution in [-0.4, -0.2) is 31.0 Å². The lowest BCUT2D eigenvalue weighted by molar-refractivity contribution is 0.0697. The summed E-state index contributed by atoms with van der Waals surface area (Å²) in [5.74, 6) is -0.558. The molecule has 0 saturated heterocycles. The van der Waals surface area contributed by atoms with E-state index in [0.717, 1.165) is 17.7 Å². The molecule has 0 aromatic carbocycles. The molecule has 0 aliphatic carbocycles. The second-order valence-corrected chi connectivity index (χ2v) is 5.86. The van der Waals surface area contributed by atoms with Gasteiger partial charge in [-0.25, -0.2) is 14.8 Å². The van der Waals surface area contributed by atoms with Gasteiger partial charge < -0.3 is 10.4 Å². The molecule has 0 fully saturated rings. The number of aromatic carboxylic acids is 1. The first-order chi connectivity index (χ1) is 12.6. The number of aromatic nitrogens is 4. The number of pyridine rings is 2. The predicted molar refractivity (Wildman–Crippen MR) is 97.9 cm³/mol. The lowest BCUT2D eigenvalue weighted by atomic mass is 10.1. The Hall–Kier alpha value is -3.35. The lowest BCUT2D eigenvalue weighted by Crippen LogP contribution is -2.13. The molecular weight excluding hydrogens is 330 g/mol. The smallest absolute Gasteiger partial charge is 0.335 e. The van der Waals surface area contributed by atoms with Gasteiger partial charge in [0.15, 0.2) is 0 Å². The summed E-state index contributed by atoms with van der Waals surface area (Å²) in [6, 6.07) is 8.60. The standard InChI is InChI=1S/C19H19N5O2/c1-3-14(16-10-12(2)4-7-20-16)23-19-22-9-6-15(24-19)17-11-13(18(25)26)5-8-21-17/h4-11,14H,3H2,1-2H3,(H,25,26)(H,22,23,24). The van der Waals surface area contributed by atoms with Crippen LogP contribution in [0, 0.1) is 6.92 Å². The summed E-state index contributed by atoms with van der Waals surface area (Å²) in [5, 5.41) is 12.4. The molecule has 0 saturated carbocycles. The van der Waals surface area contributed by atoms with Gasteiger partial charge in [0.25, 0.3) is 0 Å². The topological polar surface area (TPSA) is 101 Å². The minimum absolute atomic E-state index is 0.0246.